The minimum atomic E-state index is -3.75. The molecule has 0 bridgehead atoms. The van der Waals surface area contributed by atoms with Gasteiger partial charge in [0.15, 0.2) is 0 Å². The summed E-state index contributed by atoms with van der Waals surface area (Å²) in [7, 11) is -3.75. The molecule has 2 heterocycles. The number of nitrogens with zero attached hydrogens (tertiary/aromatic N) is 3. The molecular formula is C17H28N4O3S2. The second-order valence-electron chi connectivity index (χ2n) is 6.88. The largest absolute Gasteiger partial charge is 0.349 e. The lowest BCUT2D eigenvalue weighted by atomic mass is 10.1. The van der Waals surface area contributed by atoms with Crippen LogP contribution in [0.4, 0.5) is 0 Å². The van der Waals surface area contributed by atoms with Crippen molar-refractivity contribution in [2.75, 3.05) is 24.6 Å². The molecule has 146 valence electrons. The van der Waals surface area contributed by atoms with Gasteiger partial charge >= 0.3 is 0 Å². The van der Waals surface area contributed by atoms with E-state index in [9.17, 15) is 13.2 Å². The van der Waals surface area contributed by atoms with Crippen molar-refractivity contribution in [2.45, 2.75) is 63.1 Å². The highest BCUT2D eigenvalue weighted by molar-refractivity contribution is 7.99. The zero-order valence-electron chi connectivity index (χ0n) is 15.3. The quantitative estimate of drug-likeness (QED) is 0.765. The lowest BCUT2D eigenvalue weighted by Gasteiger charge is -2.25. The van der Waals surface area contributed by atoms with Crippen molar-refractivity contribution < 1.29 is 13.2 Å². The first-order chi connectivity index (χ1) is 12.5. The number of sulfonamides is 1. The van der Waals surface area contributed by atoms with Crippen LogP contribution in [0.2, 0.25) is 0 Å². The van der Waals surface area contributed by atoms with Crippen LogP contribution in [0.15, 0.2) is 11.2 Å². The molecule has 0 radical (unpaired) electrons. The van der Waals surface area contributed by atoms with Crippen molar-refractivity contribution in [3.63, 3.8) is 0 Å². The van der Waals surface area contributed by atoms with Crippen molar-refractivity contribution in [3.05, 3.63) is 11.8 Å². The van der Waals surface area contributed by atoms with Gasteiger partial charge in [-0.3, -0.25) is 9.48 Å². The van der Waals surface area contributed by atoms with Gasteiger partial charge in [-0.15, -0.1) is 0 Å². The van der Waals surface area contributed by atoms with Crippen LogP contribution in [0.3, 0.4) is 0 Å². The molecule has 1 amide bonds. The Balaban J connectivity index is 1.84. The average Bonchev–Trinajstić information content (AvgIpc) is 2.95. The van der Waals surface area contributed by atoms with E-state index in [4.69, 9.17) is 0 Å². The third kappa shape index (κ3) is 4.43. The first-order valence-corrected chi connectivity index (χ1v) is 12.1. The van der Waals surface area contributed by atoms with E-state index in [0.717, 1.165) is 37.2 Å². The summed E-state index contributed by atoms with van der Waals surface area (Å²) in [6.07, 6.45) is 8.10. The molecule has 0 unspecified atom stereocenters. The molecule has 1 aromatic rings. The number of nitrogens with one attached hydrogen (secondary N) is 1. The van der Waals surface area contributed by atoms with E-state index >= 15 is 0 Å². The van der Waals surface area contributed by atoms with Gasteiger partial charge in [0, 0.05) is 43.4 Å². The third-order valence-corrected chi connectivity index (χ3v) is 7.82. The Morgan fingerprint density at radius 1 is 1.23 bits per heavy atom. The molecule has 9 heteroatoms. The van der Waals surface area contributed by atoms with E-state index < -0.39 is 10.0 Å². The highest BCUT2D eigenvalue weighted by Gasteiger charge is 2.34. The van der Waals surface area contributed by atoms with Crippen LogP contribution in [0.25, 0.3) is 0 Å². The van der Waals surface area contributed by atoms with Crippen molar-refractivity contribution in [3.8, 4) is 0 Å². The van der Waals surface area contributed by atoms with E-state index in [-0.39, 0.29) is 22.5 Å². The van der Waals surface area contributed by atoms with E-state index in [1.165, 1.54) is 21.8 Å². The van der Waals surface area contributed by atoms with Gasteiger partial charge in [0.25, 0.3) is 15.9 Å². The van der Waals surface area contributed by atoms with Crippen molar-refractivity contribution in [2.24, 2.45) is 0 Å². The Hall–Kier alpha value is -1.06. The molecule has 3 rings (SSSR count). The molecule has 7 nitrogen and oxygen atoms in total. The average molecular weight is 401 g/mol. The molecule has 0 atom stereocenters. The molecule has 2 aliphatic rings. The molecule has 1 N–H and O–H groups in total. The van der Waals surface area contributed by atoms with Crippen LogP contribution in [0.5, 0.6) is 0 Å². The number of amides is 1. The van der Waals surface area contributed by atoms with E-state index in [1.807, 2.05) is 6.92 Å². The van der Waals surface area contributed by atoms with Crippen molar-refractivity contribution in [1.29, 1.82) is 0 Å². The van der Waals surface area contributed by atoms with Crippen molar-refractivity contribution >= 4 is 27.7 Å². The minimum absolute atomic E-state index is 0.0997. The predicted molar refractivity (Wildman–Crippen MR) is 103 cm³/mol. The molecule has 1 aliphatic heterocycles. The van der Waals surface area contributed by atoms with Gasteiger partial charge in [-0.05, 0) is 19.8 Å². The maximum Gasteiger partial charge on any atom is 0.263 e. The zero-order chi connectivity index (χ0) is 18.6. The van der Waals surface area contributed by atoms with Gasteiger partial charge in [-0.2, -0.15) is 21.2 Å². The van der Waals surface area contributed by atoms with Crippen molar-refractivity contribution in [1.82, 2.24) is 19.4 Å². The molecule has 2 fully saturated rings. The summed E-state index contributed by atoms with van der Waals surface area (Å²) >= 11 is 1.74. The number of thioether (sulfide) groups is 1. The number of aromatic nitrogens is 2. The summed E-state index contributed by atoms with van der Waals surface area (Å²) in [4.78, 5) is 12.9. The van der Waals surface area contributed by atoms with Crippen LogP contribution >= 0.6 is 11.8 Å². The molecule has 1 aliphatic carbocycles. The third-order valence-electron chi connectivity index (χ3n) is 5.04. The number of carbonyl (C=O) groups is 1. The Labute approximate surface area is 159 Å². The molecular weight excluding hydrogens is 372 g/mol. The Bertz CT molecular complexity index is 718. The van der Waals surface area contributed by atoms with Gasteiger partial charge in [-0.25, -0.2) is 8.42 Å². The smallest absolute Gasteiger partial charge is 0.263 e. The van der Waals surface area contributed by atoms with E-state index in [2.05, 4.69) is 10.4 Å². The maximum absolute atomic E-state index is 13.0. The van der Waals surface area contributed by atoms with Crippen LogP contribution in [-0.4, -0.2) is 59.0 Å². The summed E-state index contributed by atoms with van der Waals surface area (Å²) in [5.41, 5.74) is 0.175. The lowest BCUT2D eigenvalue weighted by molar-refractivity contribution is 0.0929. The highest BCUT2D eigenvalue weighted by Crippen LogP contribution is 2.23. The fourth-order valence-corrected chi connectivity index (χ4v) is 6.18. The summed E-state index contributed by atoms with van der Waals surface area (Å²) in [5.74, 6) is 1.23. The van der Waals surface area contributed by atoms with E-state index in [1.54, 1.807) is 18.0 Å². The highest BCUT2D eigenvalue weighted by atomic mass is 32.2. The Kier molecular flexibility index (Phi) is 6.63. The van der Waals surface area contributed by atoms with Gasteiger partial charge in [0.1, 0.15) is 0 Å². The SMILES string of the molecule is CCn1cc(C(=O)NC2CCCCCC2)c(S(=O)(=O)N2CCSCC2)n1. The fourth-order valence-electron chi connectivity index (χ4n) is 3.51. The van der Waals surface area contributed by atoms with Crippen LogP contribution in [-0.2, 0) is 16.6 Å². The second kappa shape index (κ2) is 8.75. The number of aryl methyl sites for hydroxylation is 1. The van der Waals surface area contributed by atoms with Crippen LogP contribution < -0.4 is 5.32 Å². The molecule has 26 heavy (non-hydrogen) atoms. The molecule has 1 saturated heterocycles. The molecule has 0 spiro atoms. The monoisotopic (exact) mass is 400 g/mol. The second-order valence-corrected chi connectivity index (χ2v) is 9.96. The topological polar surface area (TPSA) is 84.3 Å². The maximum atomic E-state index is 13.0. The van der Waals surface area contributed by atoms with Crippen LogP contribution in [0.1, 0.15) is 55.8 Å². The van der Waals surface area contributed by atoms with E-state index in [0.29, 0.717) is 19.6 Å². The molecule has 0 aromatic carbocycles. The fraction of sp³-hybridized carbons (Fsp3) is 0.765. The van der Waals surface area contributed by atoms with Gasteiger partial charge < -0.3 is 5.32 Å². The summed E-state index contributed by atoms with van der Waals surface area (Å²) in [6.45, 7) is 3.34. The van der Waals surface area contributed by atoms with Gasteiger partial charge in [-0.1, -0.05) is 25.7 Å². The summed E-state index contributed by atoms with van der Waals surface area (Å²) in [6, 6.07) is 0.122. The Morgan fingerprint density at radius 3 is 2.50 bits per heavy atom. The Morgan fingerprint density at radius 2 is 1.88 bits per heavy atom. The summed E-state index contributed by atoms with van der Waals surface area (Å²) in [5, 5.41) is 7.18. The number of hydrogen-bond donors (Lipinski definition) is 1. The number of rotatable bonds is 5. The molecule has 1 saturated carbocycles. The number of carbonyl (C=O) groups excluding carboxylic acids is 1. The van der Waals surface area contributed by atoms with Gasteiger partial charge in [0.05, 0.1) is 5.56 Å². The standard InChI is InChI=1S/C17H28N4O3S2/c1-2-20-13-15(16(22)18-14-7-5-3-4-6-8-14)17(19-20)26(23,24)21-9-11-25-12-10-21/h13-14H,2-12H2,1H3,(H,18,22). The summed E-state index contributed by atoms with van der Waals surface area (Å²) < 4.78 is 29.1. The zero-order valence-corrected chi connectivity index (χ0v) is 16.9. The van der Waals surface area contributed by atoms with Crippen LogP contribution in [0, 0.1) is 0 Å². The normalized spacial score (nSPS) is 20.7. The first kappa shape index (κ1) is 19.7. The van der Waals surface area contributed by atoms with Gasteiger partial charge in [0.2, 0.25) is 5.03 Å². The predicted octanol–water partition coefficient (Wildman–Crippen LogP) is 2.09. The minimum Gasteiger partial charge on any atom is -0.349 e. The lowest BCUT2D eigenvalue weighted by Crippen LogP contribution is -2.40. The first-order valence-electron chi connectivity index (χ1n) is 9.48. The number of hydrogen-bond acceptors (Lipinski definition) is 5. The molecule has 1 aromatic heterocycles.